The zero-order chi connectivity index (χ0) is 20.2. The second-order valence-electron chi connectivity index (χ2n) is 8.18. The van der Waals surface area contributed by atoms with E-state index < -0.39 is 0 Å². The molecule has 4 rings (SSSR count). The van der Waals surface area contributed by atoms with Gasteiger partial charge in [-0.3, -0.25) is 4.90 Å². The molecule has 0 saturated heterocycles. The van der Waals surface area contributed by atoms with Gasteiger partial charge in [0.1, 0.15) is 5.82 Å². The first-order valence-electron chi connectivity index (χ1n) is 10.4. The first-order chi connectivity index (χ1) is 14.1. The molecule has 2 N–H and O–H groups in total. The maximum atomic E-state index is 14.4. The van der Waals surface area contributed by atoms with Gasteiger partial charge in [0.2, 0.25) is 6.79 Å². The fourth-order valence-corrected chi connectivity index (χ4v) is 4.63. The smallest absolute Gasteiger partial charge is 0.231 e. The highest BCUT2D eigenvalue weighted by atomic mass is 35.5. The van der Waals surface area contributed by atoms with Crippen molar-refractivity contribution in [2.24, 2.45) is 17.6 Å². The summed E-state index contributed by atoms with van der Waals surface area (Å²) >= 11 is 6.32. The number of rotatable bonds is 7. The molecule has 4 nitrogen and oxygen atoms in total. The lowest BCUT2D eigenvalue weighted by atomic mass is 9.82. The largest absolute Gasteiger partial charge is 0.454 e. The Kier molecular flexibility index (Phi) is 6.58. The van der Waals surface area contributed by atoms with Gasteiger partial charge in [0.15, 0.2) is 11.5 Å². The number of fused-ring (bicyclic) bond motifs is 1. The van der Waals surface area contributed by atoms with Crippen molar-refractivity contribution in [1.29, 1.82) is 0 Å². The summed E-state index contributed by atoms with van der Waals surface area (Å²) in [6, 6.07) is 10.9. The molecule has 0 spiro atoms. The summed E-state index contributed by atoms with van der Waals surface area (Å²) in [5.41, 5.74) is 7.53. The van der Waals surface area contributed by atoms with E-state index in [0.717, 1.165) is 30.2 Å². The van der Waals surface area contributed by atoms with Crippen molar-refractivity contribution in [3.63, 3.8) is 0 Å². The Morgan fingerprint density at radius 2 is 1.76 bits per heavy atom. The Balaban J connectivity index is 1.50. The standard InChI is InChI=1S/C23H28ClFN2O2/c24-20-2-1-3-21(25)19(20)14-27(12-17-6-4-16(11-26)5-7-17)13-18-8-9-22-23(10-18)29-15-28-22/h1-3,8-10,16-17H,4-7,11-15,26H2. The predicted molar refractivity (Wildman–Crippen MR) is 113 cm³/mol. The molecule has 29 heavy (non-hydrogen) atoms. The van der Waals surface area contributed by atoms with Gasteiger partial charge in [0.25, 0.3) is 0 Å². The SMILES string of the molecule is NCC1CCC(CN(Cc2ccc3c(c2)OCO3)Cc2c(F)cccc2Cl)CC1. The van der Waals surface area contributed by atoms with E-state index in [4.69, 9.17) is 26.8 Å². The molecule has 1 fully saturated rings. The van der Waals surface area contributed by atoms with Crippen LogP contribution in [-0.2, 0) is 13.1 Å². The molecule has 0 amide bonds. The molecular weight excluding hydrogens is 391 g/mol. The first kappa shape index (κ1) is 20.5. The maximum Gasteiger partial charge on any atom is 0.231 e. The molecule has 1 heterocycles. The molecule has 1 saturated carbocycles. The normalized spacial score (nSPS) is 21.0. The van der Waals surface area contributed by atoms with Gasteiger partial charge in [0.05, 0.1) is 0 Å². The van der Waals surface area contributed by atoms with Crippen molar-refractivity contribution in [1.82, 2.24) is 4.90 Å². The molecule has 6 heteroatoms. The molecule has 2 aromatic rings. The topological polar surface area (TPSA) is 47.7 Å². The van der Waals surface area contributed by atoms with E-state index in [0.29, 0.717) is 35.5 Å². The number of hydrogen-bond donors (Lipinski definition) is 1. The van der Waals surface area contributed by atoms with E-state index in [1.807, 2.05) is 12.1 Å². The maximum absolute atomic E-state index is 14.4. The van der Waals surface area contributed by atoms with Gasteiger partial charge in [0, 0.05) is 30.2 Å². The number of nitrogens with two attached hydrogens (primary N) is 1. The molecule has 2 aliphatic rings. The van der Waals surface area contributed by atoms with Crippen LogP contribution in [0.4, 0.5) is 4.39 Å². The van der Waals surface area contributed by atoms with Crippen LogP contribution in [0.15, 0.2) is 36.4 Å². The minimum Gasteiger partial charge on any atom is -0.454 e. The van der Waals surface area contributed by atoms with E-state index in [2.05, 4.69) is 11.0 Å². The molecule has 1 aliphatic carbocycles. The van der Waals surface area contributed by atoms with Gasteiger partial charge in [-0.2, -0.15) is 0 Å². The Morgan fingerprint density at radius 1 is 1.00 bits per heavy atom. The lowest BCUT2D eigenvalue weighted by Crippen LogP contribution is -2.32. The van der Waals surface area contributed by atoms with Gasteiger partial charge < -0.3 is 15.2 Å². The quantitative estimate of drug-likeness (QED) is 0.689. The molecule has 156 valence electrons. The van der Waals surface area contributed by atoms with Crippen molar-refractivity contribution in [2.75, 3.05) is 19.9 Å². The van der Waals surface area contributed by atoms with Gasteiger partial charge in [-0.15, -0.1) is 0 Å². The van der Waals surface area contributed by atoms with Crippen LogP contribution >= 0.6 is 11.6 Å². The summed E-state index contributed by atoms with van der Waals surface area (Å²) in [5.74, 6) is 2.54. The fourth-order valence-electron chi connectivity index (χ4n) is 4.40. The molecule has 2 aromatic carbocycles. The lowest BCUT2D eigenvalue weighted by molar-refractivity contribution is 0.168. The van der Waals surface area contributed by atoms with E-state index in [-0.39, 0.29) is 12.6 Å². The van der Waals surface area contributed by atoms with Crippen molar-refractivity contribution in [2.45, 2.75) is 38.8 Å². The Hall–Kier alpha value is -1.82. The Labute approximate surface area is 176 Å². The van der Waals surface area contributed by atoms with Crippen molar-refractivity contribution >= 4 is 11.6 Å². The monoisotopic (exact) mass is 418 g/mol. The summed E-state index contributed by atoms with van der Waals surface area (Å²) in [4.78, 5) is 2.30. The zero-order valence-electron chi connectivity index (χ0n) is 16.6. The number of ether oxygens (including phenoxy) is 2. The summed E-state index contributed by atoms with van der Waals surface area (Å²) in [5, 5.41) is 0.479. The van der Waals surface area contributed by atoms with Crippen molar-refractivity contribution in [3.05, 3.63) is 58.4 Å². The van der Waals surface area contributed by atoms with Crippen LogP contribution in [0.1, 0.15) is 36.8 Å². The van der Waals surface area contributed by atoms with Gasteiger partial charge >= 0.3 is 0 Å². The molecule has 1 aliphatic heterocycles. The number of benzene rings is 2. The van der Waals surface area contributed by atoms with Crippen molar-refractivity contribution in [3.8, 4) is 11.5 Å². The van der Waals surface area contributed by atoms with Crippen LogP contribution in [0.25, 0.3) is 0 Å². The van der Waals surface area contributed by atoms with Crippen LogP contribution in [-0.4, -0.2) is 24.8 Å². The average Bonchev–Trinajstić information content (AvgIpc) is 3.19. The van der Waals surface area contributed by atoms with E-state index in [1.54, 1.807) is 12.1 Å². The van der Waals surface area contributed by atoms with Gasteiger partial charge in [-0.25, -0.2) is 4.39 Å². The molecule has 0 aromatic heterocycles. The average molecular weight is 419 g/mol. The zero-order valence-corrected chi connectivity index (χ0v) is 17.3. The van der Waals surface area contributed by atoms with Gasteiger partial charge in [-0.05, 0) is 73.9 Å². The molecule has 0 unspecified atom stereocenters. The highest BCUT2D eigenvalue weighted by Gasteiger charge is 2.24. The summed E-state index contributed by atoms with van der Waals surface area (Å²) in [7, 11) is 0. The van der Waals surface area contributed by atoms with Crippen LogP contribution in [0, 0.1) is 17.7 Å². The summed E-state index contributed by atoms with van der Waals surface area (Å²) < 4.78 is 25.4. The second kappa shape index (κ2) is 9.33. The number of nitrogens with zero attached hydrogens (tertiary/aromatic N) is 1. The number of hydrogen-bond acceptors (Lipinski definition) is 4. The van der Waals surface area contributed by atoms with E-state index >= 15 is 0 Å². The van der Waals surface area contributed by atoms with Crippen LogP contribution in [0.3, 0.4) is 0 Å². The van der Waals surface area contributed by atoms with Crippen molar-refractivity contribution < 1.29 is 13.9 Å². The second-order valence-corrected chi connectivity index (χ2v) is 8.59. The summed E-state index contributed by atoms with van der Waals surface area (Å²) in [6.07, 6.45) is 4.70. The minimum absolute atomic E-state index is 0.250. The predicted octanol–water partition coefficient (Wildman–Crippen LogP) is 4.98. The third-order valence-electron chi connectivity index (χ3n) is 6.10. The first-order valence-corrected chi connectivity index (χ1v) is 10.7. The fraction of sp³-hybridized carbons (Fsp3) is 0.478. The molecular formula is C23H28ClFN2O2. The molecule has 0 radical (unpaired) electrons. The molecule has 0 bridgehead atoms. The number of halogens is 2. The Morgan fingerprint density at radius 3 is 2.52 bits per heavy atom. The van der Waals surface area contributed by atoms with Crippen LogP contribution in [0.5, 0.6) is 11.5 Å². The lowest BCUT2D eigenvalue weighted by Gasteiger charge is -2.33. The Bertz CT molecular complexity index is 819. The van der Waals surface area contributed by atoms with Crippen LogP contribution in [0.2, 0.25) is 5.02 Å². The third kappa shape index (κ3) is 5.03. The highest BCUT2D eigenvalue weighted by molar-refractivity contribution is 6.31. The van der Waals surface area contributed by atoms with Gasteiger partial charge in [-0.1, -0.05) is 23.7 Å². The third-order valence-corrected chi connectivity index (χ3v) is 6.46. The summed E-state index contributed by atoms with van der Waals surface area (Å²) in [6.45, 7) is 3.14. The van der Waals surface area contributed by atoms with E-state index in [9.17, 15) is 4.39 Å². The highest BCUT2D eigenvalue weighted by Crippen LogP contribution is 2.34. The van der Waals surface area contributed by atoms with Crippen LogP contribution < -0.4 is 15.2 Å². The van der Waals surface area contributed by atoms with E-state index in [1.165, 1.54) is 31.7 Å². The minimum atomic E-state index is -0.250. The molecule has 0 atom stereocenters.